The third kappa shape index (κ3) is 2.50. The molecule has 0 bridgehead atoms. The molecule has 17 heavy (non-hydrogen) atoms. The van der Waals surface area contributed by atoms with Crippen molar-refractivity contribution in [2.45, 2.75) is 16.7 Å². The van der Waals surface area contributed by atoms with Crippen molar-refractivity contribution >= 4 is 17.7 Å². The average Bonchev–Trinajstić information content (AvgIpc) is 2.67. The lowest BCUT2D eigenvalue weighted by atomic mass is 10.2. The Balaban J connectivity index is 2.29. The van der Waals surface area contributed by atoms with Crippen LogP contribution < -0.4 is 0 Å². The third-order valence-corrected chi connectivity index (χ3v) is 3.40. The Kier molecular flexibility index (Phi) is 3.19. The summed E-state index contributed by atoms with van der Waals surface area (Å²) >= 11 is 1.21. The van der Waals surface area contributed by atoms with Crippen molar-refractivity contribution in [1.82, 2.24) is 0 Å². The number of carboxylic acid groups (broad SMARTS) is 1. The lowest BCUT2D eigenvalue weighted by Crippen LogP contribution is -1.97. The minimum atomic E-state index is -1.14. The maximum Gasteiger partial charge on any atom is 0.335 e. The molecule has 0 saturated carbocycles. The highest BCUT2D eigenvalue weighted by atomic mass is 32.2. The highest BCUT2D eigenvalue weighted by Crippen LogP contribution is 2.32. The first-order valence-corrected chi connectivity index (χ1v) is 5.64. The summed E-state index contributed by atoms with van der Waals surface area (Å²) in [6, 6.07) is 5.59. The predicted octanol–water partition coefficient (Wildman–Crippen LogP) is 3.58. The molecule has 5 heteroatoms. The van der Waals surface area contributed by atoms with Gasteiger partial charge in [-0.25, -0.2) is 9.18 Å². The molecule has 1 N–H and O–H groups in total. The maximum atomic E-state index is 13.6. The van der Waals surface area contributed by atoms with E-state index in [2.05, 4.69) is 0 Å². The molecule has 0 atom stereocenters. The highest BCUT2D eigenvalue weighted by Gasteiger charge is 2.11. The fourth-order valence-electron chi connectivity index (χ4n) is 1.31. The smallest absolute Gasteiger partial charge is 0.335 e. The van der Waals surface area contributed by atoms with Crippen LogP contribution in [-0.4, -0.2) is 11.1 Å². The zero-order chi connectivity index (χ0) is 12.4. The van der Waals surface area contributed by atoms with Crippen molar-refractivity contribution in [3.8, 4) is 0 Å². The first-order chi connectivity index (χ1) is 8.08. The molecule has 0 fully saturated rings. The number of halogens is 1. The number of aryl methyl sites for hydroxylation is 1. The summed E-state index contributed by atoms with van der Waals surface area (Å²) in [4.78, 5) is 11.8. The maximum absolute atomic E-state index is 13.6. The van der Waals surface area contributed by atoms with Gasteiger partial charge in [0.25, 0.3) is 0 Å². The molecule has 0 spiro atoms. The van der Waals surface area contributed by atoms with Gasteiger partial charge in [0.1, 0.15) is 11.6 Å². The number of carboxylic acids is 1. The molecule has 1 heterocycles. The third-order valence-electron chi connectivity index (χ3n) is 2.21. The van der Waals surface area contributed by atoms with Crippen molar-refractivity contribution in [3.63, 3.8) is 0 Å². The molecular formula is C12H9FO3S. The van der Waals surface area contributed by atoms with Crippen LogP contribution in [0.5, 0.6) is 0 Å². The zero-order valence-electron chi connectivity index (χ0n) is 8.94. The topological polar surface area (TPSA) is 50.4 Å². The van der Waals surface area contributed by atoms with Gasteiger partial charge in [-0.3, -0.25) is 0 Å². The Morgan fingerprint density at radius 2 is 2.12 bits per heavy atom. The van der Waals surface area contributed by atoms with Gasteiger partial charge in [0.15, 0.2) is 0 Å². The van der Waals surface area contributed by atoms with Crippen molar-refractivity contribution in [3.05, 3.63) is 47.7 Å². The summed E-state index contributed by atoms with van der Waals surface area (Å²) in [5.41, 5.74) is -0.0595. The number of rotatable bonds is 3. The highest BCUT2D eigenvalue weighted by molar-refractivity contribution is 7.99. The van der Waals surface area contributed by atoms with Gasteiger partial charge in [0.2, 0.25) is 0 Å². The zero-order valence-corrected chi connectivity index (χ0v) is 9.75. The lowest BCUT2D eigenvalue weighted by molar-refractivity contribution is 0.0696. The summed E-state index contributed by atoms with van der Waals surface area (Å²) in [7, 11) is 0. The van der Waals surface area contributed by atoms with Crippen LogP contribution >= 0.6 is 11.8 Å². The van der Waals surface area contributed by atoms with E-state index in [-0.39, 0.29) is 5.56 Å². The van der Waals surface area contributed by atoms with Gasteiger partial charge in [-0.2, -0.15) is 0 Å². The molecule has 3 nitrogen and oxygen atoms in total. The van der Waals surface area contributed by atoms with Gasteiger partial charge in [-0.1, -0.05) is 11.8 Å². The van der Waals surface area contributed by atoms with Gasteiger partial charge in [0, 0.05) is 4.90 Å². The van der Waals surface area contributed by atoms with E-state index in [4.69, 9.17) is 9.52 Å². The van der Waals surface area contributed by atoms with E-state index in [1.54, 1.807) is 13.0 Å². The van der Waals surface area contributed by atoms with Crippen LogP contribution in [0.15, 0.2) is 44.7 Å². The minimum absolute atomic E-state index is 0.0595. The molecule has 0 unspecified atom stereocenters. The number of hydrogen-bond donors (Lipinski definition) is 1. The lowest BCUT2D eigenvalue weighted by Gasteiger charge is -2.03. The number of aromatic carboxylic acids is 1. The van der Waals surface area contributed by atoms with Crippen LogP contribution in [0, 0.1) is 12.7 Å². The van der Waals surface area contributed by atoms with Gasteiger partial charge < -0.3 is 9.52 Å². The molecule has 2 aromatic rings. The van der Waals surface area contributed by atoms with E-state index in [9.17, 15) is 9.18 Å². The van der Waals surface area contributed by atoms with Crippen LogP contribution in [0.3, 0.4) is 0 Å². The molecule has 0 radical (unpaired) electrons. The van der Waals surface area contributed by atoms with Crippen LogP contribution in [0.1, 0.15) is 16.1 Å². The summed E-state index contributed by atoms with van der Waals surface area (Å²) in [5, 5.41) is 8.71. The van der Waals surface area contributed by atoms with Crippen molar-refractivity contribution in [1.29, 1.82) is 0 Å². The first kappa shape index (κ1) is 11.7. The largest absolute Gasteiger partial charge is 0.478 e. The molecule has 0 aliphatic heterocycles. The second-order valence-electron chi connectivity index (χ2n) is 3.39. The molecule has 1 aromatic heterocycles. The Labute approximate surface area is 101 Å². The molecule has 88 valence electrons. The Morgan fingerprint density at radius 3 is 2.65 bits per heavy atom. The second-order valence-corrected chi connectivity index (χ2v) is 4.48. The monoisotopic (exact) mass is 252 g/mol. The number of furan rings is 1. The molecule has 0 aliphatic carbocycles. The standard InChI is InChI=1S/C12H9FO3S/c1-7-10(4-5-16-7)17-11-3-2-8(12(14)15)6-9(11)13/h2-6H,1H3,(H,14,15). The molecule has 0 aliphatic rings. The summed E-state index contributed by atoms with van der Waals surface area (Å²) in [6.45, 7) is 1.78. The normalized spacial score (nSPS) is 10.5. The van der Waals surface area contributed by atoms with Crippen LogP contribution in [0.4, 0.5) is 4.39 Å². The second kappa shape index (κ2) is 4.63. The van der Waals surface area contributed by atoms with Gasteiger partial charge in [0.05, 0.1) is 16.7 Å². The van der Waals surface area contributed by atoms with Crippen molar-refractivity contribution in [2.24, 2.45) is 0 Å². The van der Waals surface area contributed by atoms with Crippen molar-refractivity contribution in [2.75, 3.05) is 0 Å². The molecule has 1 aromatic carbocycles. The minimum Gasteiger partial charge on any atom is -0.478 e. The first-order valence-electron chi connectivity index (χ1n) is 4.82. The SMILES string of the molecule is Cc1occc1Sc1ccc(C(=O)O)cc1F. The fourth-order valence-corrected chi connectivity index (χ4v) is 2.16. The molecule has 0 amide bonds. The van der Waals surface area contributed by atoms with Gasteiger partial charge in [-0.15, -0.1) is 0 Å². The number of benzene rings is 1. The summed E-state index contributed by atoms with van der Waals surface area (Å²) in [5.74, 6) is -0.979. The molecular weight excluding hydrogens is 243 g/mol. The van der Waals surface area contributed by atoms with E-state index in [0.717, 1.165) is 11.0 Å². The van der Waals surface area contributed by atoms with Crippen LogP contribution in [-0.2, 0) is 0 Å². The summed E-state index contributed by atoms with van der Waals surface area (Å²) in [6.07, 6.45) is 1.53. The van der Waals surface area contributed by atoms with E-state index >= 15 is 0 Å². The Bertz CT molecular complexity index is 563. The van der Waals surface area contributed by atoms with E-state index in [0.29, 0.717) is 10.7 Å². The molecule has 2 rings (SSSR count). The van der Waals surface area contributed by atoms with E-state index < -0.39 is 11.8 Å². The van der Waals surface area contributed by atoms with E-state index in [1.165, 1.54) is 30.2 Å². The van der Waals surface area contributed by atoms with Gasteiger partial charge in [-0.05, 0) is 31.2 Å². The average molecular weight is 252 g/mol. The summed E-state index contributed by atoms with van der Waals surface area (Å²) < 4.78 is 18.7. The predicted molar refractivity (Wildman–Crippen MR) is 60.9 cm³/mol. The van der Waals surface area contributed by atoms with E-state index in [1.807, 2.05) is 0 Å². The van der Waals surface area contributed by atoms with Gasteiger partial charge >= 0.3 is 5.97 Å². The van der Waals surface area contributed by atoms with Crippen molar-refractivity contribution < 1.29 is 18.7 Å². The number of carbonyl (C=O) groups is 1. The van der Waals surface area contributed by atoms with Crippen LogP contribution in [0.25, 0.3) is 0 Å². The number of hydrogen-bond acceptors (Lipinski definition) is 3. The Morgan fingerprint density at radius 1 is 1.35 bits per heavy atom. The fraction of sp³-hybridized carbons (Fsp3) is 0.0833. The quantitative estimate of drug-likeness (QED) is 0.907. The van der Waals surface area contributed by atoms with Crippen LogP contribution in [0.2, 0.25) is 0 Å². The Hall–Kier alpha value is -1.75. The molecule has 0 saturated heterocycles.